The summed E-state index contributed by atoms with van der Waals surface area (Å²) in [6, 6.07) is 9.34. The summed E-state index contributed by atoms with van der Waals surface area (Å²) in [5.74, 6) is 0.140. The summed E-state index contributed by atoms with van der Waals surface area (Å²) in [6.07, 6.45) is 0.450. The van der Waals surface area contributed by atoms with Crippen LogP contribution < -0.4 is 5.73 Å². The molecule has 0 bridgehead atoms. The summed E-state index contributed by atoms with van der Waals surface area (Å²) in [5.41, 5.74) is 6.37. The summed E-state index contributed by atoms with van der Waals surface area (Å²) < 4.78 is -0.372. The van der Waals surface area contributed by atoms with Gasteiger partial charge < -0.3 is 10.5 Å². The SMILES string of the molecule is CC(=O)CC(C)(C)C(C)(C)SC(=O)C(C)(C)C(N)c1ccccc1. The van der Waals surface area contributed by atoms with E-state index in [9.17, 15) is 9.59 Å². The van der Waals surface area contributed by atoms with Crippen LogP contribution in [-0.2, 0) is 9.59 Å². The van der Waals surface area contributed by atoms with Gasteiger partial charge in [-0.15, -0.1) is 0 Å². The Labute approximate surface area is 150 Å². The molecule has 2 N–H and O–H groups in total. The Morgan fingerprint density at radius 2 is 1.54 bits per heavy atom. The summed E-state index contributed by atoms with van der Waals surface area (Å²) in [5, 5.41) is 0.0560. The minimum Gasteiger partial charge on any atom is -0.323 e. The minimum atomic E-state index is -0.699. The largest absolute Gasteiger partial charge is 0.323 e. The van der Waals surface area contributed by atoms with E-state index in [2.05, 4.69) is 0 Å². The van der Waals surface area contributed by atoms with E-state index in [0.717, 1.165) is 5.56 Å². The molecule has 1 aromatic rings. The molecule has 0 aromatic heterocycles. The lowest BCUT2D eigenvalue weighted by Crippen LogP contribution is -2.42. The fourth-order valence-corrected chi connectivity index (χ4v) is 3.74. The van der Waals surface area contributed by atoms with Crippen molar-refractivity contribution in [2.24, 2.45) is 16.6 Å². The maximum atomic E-state index is 13.0. The fraction of sp³-hybridized carbons (Fsp3) is 0.600. The molecule has 0 saturated carbocycles. The number of rotatable bonds is 7. The van der Waals surface area contributed by atoms with Crippen molar-refractivity contribution >= 4 is 22.7 Å². The van der Waals surface area contributed by atoms with E-state index in [-0.39, 0.29) is 27.1 Å². The first kappa shape index (κ1) is 20.9. The van der Waals surface area contributed by atoms with E-state index >= 15 is 0 Å². The van der Waals surface area contributed by atoms with E-state index < -0.39 is 5.41 Å². The van der Waals surface area contributed by atoms with Gasteiger partial charge in [0.15, 0.2) is 5.12 Å². The van der Waals surface area contributed by atoms with Gasteiger partial charge in [0.25, 0.3) is 0 Å². The maximum Gasteiger partial charge on any atom is 0.196 e. The Hall–Kier alpha value is -1.13. The number of nitrogens with two attached hydrogens (primary N) is 1. The molecule has 0 fully saturated rings. The predicted octanol–water partition coefficient (Wildman–Crippen LogP) is 4.76. The molecule has 4 heteroatoms. The monoisotopic (exact) mass is 349 g/mol. The first-order valence-corrected chi connectivity index (χ1v) is 9.16. The van der Waals surface area contributed by atoms with Crippen LogP contribution in [0.4, 0.5) is 0 Å². The van der Waals surface area contributed by atoms with Gasteiger partial charge in [-0.05, 0) is 31.7 Å². The lowest BCUT2D eigenvalue weighted by Gasteiger charge is -2.42. The first-order chi connectivity index (χ1) is 10.8. The highest BCUT2D eigenvalue weighted by Gasteiger charge is 2.44. The van der Waals surface area contributed by atoms with Crippen LogP contribution in [0.3, 0.4) is 0 Å². The highest BCUT2D eigenvalue weighted by atomic mass is 32.2. The number of benzene rings is 1. The smallest absolute Gasteiger partial charge is 0.196 e. The van der Waals surface area contributed by atoms with Crippen molar-refractivity contribution in [3.63, 3.8) is 0 Å². The van der Waals surface area contributed by atoms with E-state index in [1.807, 2.05) is 71.9 Å². The van der Waals surface area contributed by atoms with Crippen LogP contribution in [0, 0.1) is 10.8 Å². The van der Waals surface area contributed by atoms with Crippen LogP contribution in [0.15, 0.2) is 30.3 Å². The van der Waals surface area contributed by atoms with Crippen LogP contribution >= 0.6 is 11.8 Å². The van der Waals surface area contributed by atoms with Gasteiger partial charge >= 0.3 is 0 Å². The van der Waals surface area contributed by atoms with Crippen LogP contribution in [0.25, 0.3) is 0 Å². The summed E-state index contributed by atoms with van der Waals surface area (Å²) >= 11 is 1.31. The second-order valence-corrected chi connectivity index (χ2v) is 9.87. The third kappa shape index (κ3) is 4.70. The van der Waals surface area contributed by atoms with Crippen LogP contribution in [0.2, 0.25) is 0 Å². The van der Waals surface area contributed by atoms with E-state index in [0.29, 0.717) is 6.42 Å². The molecule has 0 amide bonds. The predicted molar refractivity (Wildman–Crippen MR) is 103 cm³/mol. The minimum absolute atomic E-state index is 0.0560. The average Bonchev–Trinajstić information content (AvgIpc) is 2.45. The van der Waals surface area contributed by atoms with Crippen molar-refractivity contribution in [1.29, 1.82) is 0 Å². The summed E-state index contributed by atoms with van der Waals surface area (Å²) in [7, 11) is 0. The van der Waals surface area contributed by atoms with Crippen molar-refractivity contribution in [2.75, 3.05) is 0 Å². The maximum absolute atomic E-state index is 13.0. The molecular weight excluding hydrogens is 318 g/mol. The Morgan fingerprint density at radius 3 is 2.00 bits per heavy atom. The van der Waals surface area contributed by atoms with E-state index in [1.54, 1.807) is 6.92 Å². The van der Waals surface area contributed by atoms with Crippen molar-refractivity contribution < 1.29 is 9.59 Å². The number of carbonyl (C=O) groups is 2. The average molecular weight is 350 g/mol. The van der Waals surface area contributed by atoms with E-state index in [4.69, 9.17) is 5.73 Å². The van der Waals surface area contributed by atoms with Gasteiger partial charge in [0.2, 0.25) is 0 Å². The molecule has 24 heavy (non-hydrogen) atoms. The Balaban J connectivity index is 2.98. The Bertz CT molecular complexity index is 591. The lowest BCUT2D eigenvalue weighted by molar-refractivity contribution is -0.120. The zero-order valence-corrected chi connectivity index (χ0v) is 16.8. The zero-order valence-electron chi connectivity index (χ0n) is 16.0. The van der Waals surface area contributed by atoms with Crippen molar-refractivity contribution in [2.45, 2.75) is 65.7 Å². The second kappa shape index (κ2) is 7.40. The van der Waals surface area contributed by atoms with Gasteiger partial charge in [-0.25, -0.2) is 0 Å². The molecule has 1 unspecified atom stereocenters. The molecule has 0 aliphatic heterocycles. The lowest BCUT2D eigenvalue weighted by atomic mass is 9.76. The number of Topliss-reactive ketones (excluding diaryl/α,β-unsaturated/α-hetero) is 1. The van der Waals surface area contributed by atoms with Crippen LogP contribution in [0.5, 0.6) is 0 Å². The third-order valence-corrected chi connectivity index (χ3v) is 6.91. The molecule has 1 atom stereocenters. The van der Waals surface area contributed by atoms with Crippen molar-refractivity contribution in [3.05, 3.63) is 35.9 Å². The van der Waals surface area contributed by atoms with Gasteiger partial charge in [-0.1, -0.05) is 69.8 Å². The van der Waals surface area contributed by atoms with Crippen molar-refractivity contribution in [3.8, 4) is 0 Å². The first-order valence-electron chi connectivity index (χ1n) is 8.34. The van der Waals surface area contributed by atoms with Crippen molar-refractivity contribution in [1.82, 2.24) is 0 Å². The van der Waals surface area contributed by atoms with Gasteiger partial charge in [0.05, 0.1) is 5.41 Å². The van der Waals surface area contributed by atoms with E-state index in [1.165, 1.54) is 11.8 Å². The zero-order chi connectivity index (χ0) is 18.8. The molecule has 3 nitrogen and oxygen atoms in total. The molecule has 1 aromatic carbocycles. The number of hydrogen-bond acceptors (Lipinski definition) is 4. The fourth-order valence-electron chi connectivity index (χ4n) is 2.54. The molecule has 0 saturated heterocycles. The molecule has 0 aliphatic rings. The van der Waals surface area contributed by atoms with Gasteiger partial charge in [-0.3, -0.25) is 4.79 Å². The van der Waals surface area contributed by atoms with Gasteiger partial charge in [0, 0.05) is 17.2 Å². The van der Waals surface area contributed by atoms with Crippen LogP contribution in [0.1, 0.15) is 66.5 Å². The number of carbonyl (C=O) groups excluding carboxylic acids is 2. The Morgan fingerprint density at radius 1 is 1.04 bits per heavy atom. The molecule has 1 rings (SSSR count). The quantitative estimate of drug-likeness (QED) is 0.771. The molecule has 0 heterocycles. The number of ketones is 1. The summed E-state index contributed by atoms with van der Waals surface area (Å²) in [6.45, 7) is 13.5. The second-order valence-electron chi connectivity index (χ2n) is 8.27. The summed E-state index contributed by atoms with van der Waals surface area (Å²) in [4.78, 5) is 24.6. The highest BCUT2D eigenvalue weighted by molar-refractivity contribution is 8.14. The number of thioether (sulfide) groups is 1. The highest BCUT2D eigenvalue weighted by Crippen LogP contribution is 2.48. The topological polar surface area (TPSA) is 60.2 Å². The molecule has 0 spiro atoms. The molecule has 0 aliphatic carbocycles. The normalized spacial score (nSPS) is 14.3. The van der Waals surface area contributed by atoms with Crippen LogP contribution in [-0.4, -0.2) is 15.6 Å². The Kier molecular flexibility index (Phi) is 6.45. The molecule has 0 radical (unpaired) electrons. The standard InChI is InChI=1S/C20H31NO2S/c1-14(22)13-18(2,3)20(6,7)24-17(23)19(4,5)16(21)15-11-9-8-10-12-15/h8-12,16H,13,21H2,1-7H3. The molecule has 134 valence electrons. The molecular formula is C20H31NO2S. The van der Waals surface area contributed by atoms with Gasteiger partial charge in [0.1, 0.15) is 5.78 Å². The third-order valence-electron chi connectivity index (χ3n) is 5.13. The van der Waals surface area contributed by atoms with Gasteiger partial charge in [-0.2, -0.15) is 0 Å². The number of hydrogen-bond donors (Lipinski definition) is 1.